The number of furan rings is 1. The van der Waals surface area contributed by atoms with Crippen molar-refractivity contribution in [1.82, 2.24) is 0 Å². The number of hydrogen-bond donors (Lipinski definition) is 4. The molecule has 0 atom stereocenters. The molecule has 4 N–H and O–H groups in total. The minimum absolute atomic E-state index is 0.0489. The van der Waals surface area contributed by atoms with Crippen LogP contribution >= 0.6 is 0 Å². The average Bonchev–Trinajstić information content (AvgIpc) is 2.84. The summed E-state index contributed by atoms with van der Waals surface area (Å²) in [6.07, 6.45) is 0. The molecule has 0 aliphatic rings. The summed E-state index contributed by atoms with van der Waals surface area (Å²) >= 11 is 0. The average molecular weight is 380 g/mol. The Balaban J connectivity index is 2.14. The minimum Gasteiger partial charge on any atom is -0.507 e. The Bertz CT molecular complexity index is 1380. The first-order chi connectivity index (χ1) is 12.1. The zero-order chi connectivity index (χ0) is 18.8. The van der Waals surface area contributed by atoms with E-state index in [1.807, 2.05) is 0 Å². The molecule has 2 aromatic heterocycles. The molecular formula is C15H8O10S. The van der Waals surface area contributed by atoms with Gasteiger partial charge in [-0.25, -0.2) is 4.79 Å². The minimum atomic E-state index is -4.86. The summed E-state index contributed by atoms with van der Waals surface area (Å²) in [4.78, 5) is 12.3. The third-order valence-electron chi connectivity index (χ3n) is 3.68. The van der Waals surface area contributed by atoms with Gasteiger partial charge in [0.25, 0.3) is 0 Å². The standard InChI is InChI=1S/C15H8O10S/c16-7-3-6-10(4-8(7)17)23-14-12(6)15(19)24-11-2-5(25-26(20,21)22)1-9(18)13(11)14/h1-4,16-18H,(H,20,21,22). The van der Waals surface area contributed by atoms with E-state index in [1.54, 1.807) is 0 Å². The monoisotopic (exact) mass is 380 g/mol. The number of phenols is 3. The summed E-state index contributed by atoms with van der Waals surface area (Å²) in [5, 5.41) is 29.4. The zero-order valence-corrected chi connectivity index (χ0v) is 13.3. The van der Waals surface area contributed by atoms with Gasteiger partial charge in [-0.2, -0.15) is 8.42 Å². The van der Waals surface area contributed by atoms with Crippen LogP contribution in [0.3, 0.4) is 0 Å². The van der Waals surface area contributed by atoms with Crippen molar-refractivity contribution in [3.05, 3.63) is 34.7 Å². The molecule has 2 heterocycles. The summed E-state index contributed by atoms with van der Waals surface area (Å²) in [6, 6.07) is 4.03. The van der Waals surface area contributed by atoms with E-state index in [-0.39, 0.29) is 32.9 Å². The van der Waals surface area contributed by atoms with Crippen molar-refractivity contribution in [3.8, 4) is 23.0 Å². The predicted octanol–water partition coefficient (Wildman–Crippen LogP) is 1.99. The molecular weight excluding hydrogens is 372 g/mol. The van der Waals surface area contributed by atoms with Crippen LogP contribution in [-0.2, 0) is 10.4 Å². The third-order valence-corrected chi connectivity index (χ3v) is 4.08. The van der Waals surface area contributed by atoms with Gasteiger partial charge in [-0.3, -0.25) is 4.55 Å². The van der Waals surface area contributed by atoms with Crippen LogP contribution in [0.1, 0.15) is 0 Å². The van der Waals surface area contributed by atoms with E-state index >= 15 is 0 Å². The number of phenolic OH excluding ortho intramolecular Hbond substituents is 3. The van der Waals surface area contributed by atoms with E-state index in [0.717, 1.165) is 24.3 Å². The van der Waals surface area contributed by atoms with Crippen LogP contribution in [-0.4, -0.2) is 28.3 Å². The molecule has 0 spiro atoms. The SMILES string of the molecule is O=c1oc2cc(OS(=O)(=O)O)cc(O)c2c2oc3cc(O)c(O)cc3c12. The van der Waals surface area contributed by atoms with Gasteiger partial charge in [-0.1, -0.05) is 0 Å². The Morgan fingerprint density at radius 2 is 1.54 bits per heavy atom. The largest absolute Gasteiger partial charge is 0.507 e. The molecule has 10 nitrogen and oxygen atoms in total. The van der Waals surface area contributed by atoms with Gasteiger partial charge in [-0.05, 0) is 6.07 Å². The number of aromatic hydroxyl groups is 3. The highest BCUT2D eigenvalue weighted by atomic mass is 32.3. The lowest BCUT2D eigenvalue weighted by molar-refractivity contribution is 0.385. The number of benzene rings is 2. The summed E-state index contributed by atoms with van der Waals surface area (Å²) in [5.41, 5.74) is -1.23. The summed E-state index contributed by atoms with van der Waals surface area (Å²) in [6.45, 7) is 0. The fourth-order valence-corrected chi connectivity index (χ4v) is 3.04. The van der Waals surface area contributed by atoms with Crippen LogP contribution in [0.4, 0.5) is 0 Å². The Hall–Kier alpha value is -3.44. The number of fused-ring (bicyclic) bond motifs is 5. The zero-order valence-electron chi connectivity index (χ0n) is 12.5. The molecule has 0 unspecified atom stereocenters. The highest BCUT2D eigenvalue weighted by molar-refractivity contribution is 7.81. The molecule has 2 aromatic carbocycles. The van der Waals surface area contributed by atoms with Gasteiger partial charge in [0, 0.05) is 23.6 Å². The Kier molecular flexibility index (Phi) is 3.11. The van der Waals surface area contributed by atoms with Crippen LogP contribution in [0, 0.1) is 0 Å². The molecule has 0 saturated heterocycles. The molecule has 134 valence electrons. The summed E-state index contributed by atoms with van der Waals surface area (Å²) in [5.74, 6) is -2.01. The quantitative estimate of drug-likeness (QED) is 0.229. The van der Waals surface area contributed by atoms with E-state index in [0.29, 0.717) is 0 Å². The van der Waals surface area contributed by atoms with Crippen LogP contribution in [0.5, 0.6) is 23.0 Å². The Morgan fingerprint density at radius 3 is 2.23 bits per heavy atom. The normalized spacial score (nSPS) is 12.2. The topological polar surface area (TPSA) is 168 Å². The van der Waals surface area contributed by atoms with Gasteiger partial charge in [-0.15, -0.1) is 0 Å². The Morgan fingerprint density at radius 1 is 0.846 bits per heavy atom. The summed E-state index contributed by atoms with van der Waals surface area (Å²) in [7, 11) is -4.86. The van der Waals surface area contributed by atoms with Crippen molar-refractivity contribution in [2.24, 2.45) is 0 Å². The van der Waals surface area contributed by atoms with Crippen LogP contribution in [0.2, 0.25) is 0 Å². The first-order valence-corrected chi connectivity index (χ1v) is 8.25. The van der Waals surface area contributed by atoms with Gasteiger partial charge in [0.1, 0.15) is 27.7 Å². The molecule has 26 heavy (non-hydrogen) atoms. The third kappa shape index (κ3) is 2.37. The first-order valence-electron chi connectivity index (χ1n) is 6.89. The van der Waals surface area contributed by atoms with Gasteiger partial charge in [0.15, 0.2) is 22.8 Å². The summed E-state index contributed by atoms with van der Waals surface area (Å²) < 4.78 is 45.1. The van der Waals surface area contributed by atoms with Gasteiger partial charge < -0.3 is 28.3 Å². The molecule has 4 rings (SSSR count). The number of hydrogen-bond acceptors (Lipinski definition) is 9. The highest BCUT2D eigenvalue weighted by Crippen LogP contribution is 2.41. The molecule has 0 aliphatic heterocycles. The van der Waals surface area contributed by atoms with Gasteiger partial charge in [0.2, 0.25) is 0 Å². The van der Waals surface area contributed by atoms with Crippen LogP contribution in [0.15, 0.2) is 37.9 Å². The lowest BCUT2D eigenvalue weighted by Gasteiger charge is -2.05. The molecule has 11 heteroatoms. The second kappa shape index (κ2) is 5.03. The second-order valence-electron chi connectivity index (χ2n) is 5.36. The molecule has 0 radical (unpaired) electrons. The van der Waals surface area contributed by atoms with Crippen LogP contribution < -0.4 is 9.81 Å². The highest BCUT2D eigenvalue weighted by Gasteiger charge is 2.21. The molecule has 4 aromatic rings. The smallest absolute Gasteiger partial charge is 0.446 e. The van der Waals surface area contributed by atoms with E-state index in [2.05, 4.69) is 4.18 Å². The van der Waals surface area contributed by atoms with Crippen molar-refractivity contribution in [1.29, 1.82) is 0 Å². The lowest BCUT2D eigenvalue weighted by Crippen LogP contribution is -2.06. The van der Waals surface area contributed by atoms with Crippen molar-refractivity contribution in [2.75, 3.05) is 0 Å². The first kappa shape index (κ1) is 16.1. The van der Waals surface area contributed by atoms with Crippen molar-refractivity contribution in [2.45, 2.75) is 0 Å². The maximum Gasteiger partial charge on any atom is 0.446 e. The fourth-order valence-electron chi connectivity index (χ4n) is 2.70. The predicted molar refractivity (Wildman–Crippen MR) is 86.9 cm³/mol. The van der Waals surface area contributed by atoms with E-state index in [9.17, 15) is 28.5 Å². The van der Waals surface area contributed by atoms with E-state index < -0.39 is 39.0 Å². The van der Waals surface area contributed by atoms with Crippen molar-refractivity contribution < 1.29 is 41.3 Å². The van der Waals surface area contributed by atoms with E-state index in [1.165, 1.54) is 0 Å². The molecule has 0 bridgehead atoms. The fraction of sp³-hybridized carbons (Fsp3) is 0. The molecule has 0 aliphatic carbocycles. The van der Waals surface area contributed by atoms with E-state index in [4.69, 9.17) is 13.4 Å². The van der Waals surface area contributed by atoms with Crippen molar-refractivity contribution >= 4 is 43.3 Å². The second-order valence-corrected chi connectivity index (χ2v) is 6.38. The maximum atomic E-state index is 12.3. The molecule has 0 saturated carbocycles. The lowest BCUT2D eigenvalue weighted by atomic mass is 10.1. The van der Waals surface area contributed by atoms with Crippen LogP contribution in [0.25, 0.3) is 32.9 Å². The Labute approximate surface area is 143 Å². The van der Waals surface area contributed by atoms with Gasteiger partial charge >= 0.3 is 16.0 Å². The maximum absolute atomic E-state index is 12.3. The van der Waals surface area contributed by atoms with Crippen molar-refractivity contribution in [3.63, 3.8) is 0 Å². The molecule has 0 fully saturated rings. The number of rotatable bonds is 2. The van der Waals surface area contributed by atoms with Gasteiger partial charge in [0.05, 0.1) is 0 Å². The molecule has 0 amide bonds.